The fourth-order valence-corrected chi connectivity index (χ4v) is 4.60. The highest BCUT2D eigenvalue weighted by molar-refractivity contribution is 7.99. The lowest BCUT2D eigenvalue weighted by Gasteiger charge is -2.10. The molecular formula is C21H22N4O4S2. The first-order valence-electron chi connectivity index (χ1n) is 9.43. The van der Waals surface area contributed by atoms with Gasteiger partial charge in [-0.1, -0.05) is 48.2 Å². The van der Waals surface area contributed by atoms with Gasteiger partial charge in [-0.25, -0.2) is 9.78 Å². The van der Waals surface area contributed by atoms with Crippen LogP contribution in [-0.4, -0.2) is 47.5 Å². The van der Waals surface area contributed by atoms with E-state index in [1.807, 2.05) is 36.4 Å². The number of hydrogen-bond acceptors (Lipinski definition) is 7. The summed E-state index contributed by atoms with van der Waals surface area (Å²) in [5, 5.41) is 5.14. The number of imide groups is 1. The van der Waals surface area contributed by atoms with E-state index in [2.05, 4.69) is 22.2 Å². The second kappa shape index (κ2) is 10.9. The van der Waals surface area contributed by atoms with Gasteiger partial charge in [-0.05, 0) is 11.6 Å². The minimum absolute atomic E-state index is 0.0670. The van der Waals surface area contributed by atoms with Crippen molar-refractivity contribution < 1.29 is 14.3 Å². The van der Waals surface area contributed by atoms with Gasteiger partial charge in [0.05, 0.1) is 17.9 Å². The number of ether oxygens (including phenoxy) is 1. The zero-order chi connectivity index (χ0) is 22.2. The molecule has 0 aliphatic heterocycles. The van der Waals surface area contributed by atoms with Gasteiger partial charge in [-0.15, -0.1) is 17.9 Å². The number of fused-ring (bicyclic) bond motifs is 1. The Bertz CT molecular complexity index is 1140. The normalized spacial score (nSPS) is 10.7. The van der Waals surface area contributed by atoms with E-state index >= 15 is 0 Å². The molecule has 0 bridgehead atoms. The Labute approximate surface area is 187 Å². The number of allylic oxidation sites excluding steroid dienone is 1. The first kappa shape index (κ1) is 22.7. The van der Waals surface area contributed by atoms with E-state index in [4.69, 9.17) is 4.74 Å². The number of thiophene rings is 1. The van der Waals surface area contributed by atoms with Crippen molar-refractivity contribution in [3.63, 3.8) is 0 Å². The summed E-state index contributed by atoms with van der Waals surface area (Å²) in [5.41, 5.74) is 1.40. The Morgan fingerprint density at radius 2 is 2.10 bits per heavy atom. The maximum atomic E-state index is 13.0. The van der Waals surface area contributed by atoms with Gasteiger partial charge in [-0.3, -0.25) is 19.5 Å². The Morgan fingerprint density at radius 1 is 1.32 bits per heavy atom. The Balaban J connectivity index is 1.80. The molecule has 0 saturated carbocycles. The van der Waals surface area contributed by atoms with Crippen LogP contribution in [0.15, 0.2) is 59.0 Å². The number of methoxy groups -OCH3 is 1. The maximum absolute atomic E-state index is 13.0. The minimum Gasteiger partial charge on any atom is -0.383 e. The lowest BCUT2D eigenvalue weighted by atomic mass is 10.2. The van der Waals surface area contributed by atoms with E-state index in [-0.39, 0.29) is 17.9 Å². The zero-order valence-electron chi connectivity index (χ0n) is 16.9. The number of amides is 3. The summed E-state index contributed by atoms with van der Waals surface area (Å²) < 4.78 is 6.87. The molecule has 3 aromatic rings. The average Bonchev–Trinajstić information content (AvgIpc) is 3.20. The van der Waals surface area contributed by atoms with Crippen molar-refractivity contribution in [3.05, 3.63) is 59.4 Å². The van der Waals surface area contributed by atoms with Crippen LogP contribution in [0.3, 0.4) is 0 Å². The first-order chi connectivity index (χ1) is 15.0. The van der Waals surface area contributed by atoms with Crippen molar-refractivity contribution >= 4 is 45.3 Å². The summed E-state index contributed by atoms with van der Waals surface area (Å²) in [5.74, 6) is -0.558. The van der Waals surface area contributed by atoms with E-state index in [0.717, 1.165) is 22.2 Å². The number of urea groups is 1. The third-order valence-electron chi connectivity index (χ3n) is 4.15. The quantitative estimate of drug-likeness (QED) is 0.221. The van der Waals surface area contributed by atoms with Crippen LogP contribution in [0, 0.1) is 0 Å². The second-order valence-corrected chi connectivity index (χ2v) is 8.37. The largest absolute Gasteiger partial charge is 0.383 e. The van der Waals surface area contributed by atoms with E-state index in [9.17, 15) is 14.4 Å². The smallest absolute Gasteiger partial charge is 0.321 e. The molecule has 31 heavy (non-hydrogen) atoms. The molecule has 0 atom stereocenters. The molecule has 1 aromatic carbocycles. The van der Waals surface area contributed by atoms with Crippen molar-refractivity contribution in [2.45, 2.75) is 11.7 Å². The molecule has 2 aromatic heterocycles. The van der Waals surface area contributed by atoms with Gasteiger partial charge in [0.2, 0.25) is 5.91 Å². The molecule has 2 N–H and O–H groups in total. The van der Waals surface area contributed by atoms with Gasteiger partial charge >= 0.3 is 6.03 Å². The van der Waals surface area contributed by atoms with Crippen molar-refractivity contribution in [1.82, 2.24) is 20.2 Å². The summed E-state index contributed by atoms with van der Waals surface area (Å²) in [6.07, 6.45) is 1.61. The van der Waals surface area contributed by atoms with Gasteiger partial charge in [0, 0.05) is 25.1 Å². The molecule has 2 heterocycles. The Morgan fingerprint density at radius 3 is 2.81 bits per heavy atom. The molecule has 0 aliphatic carbocycles. The Hall–Kier alpha value is -2.95. The number of nitrogens with zero attached hydrogens (tertiary/aromatic N) is 2. The van der Waals surface area contributed by atoms with Gasteiger partial charge < -0.3 is 10.1 Å². The summed E-state index contributed by atoms with van der Waals surface area (Å²) in [7, 11) is 1.52. The molecule has 0 unspecified atom stereocenters. The van der Waals surface area contributed by atoms with Crippen molar-refractivity contribution in [1.29, 1.82) is 0 Å². The standard InChI is InChI=1S/C21H22N4O4S2/c1-3-10-25-19(27)18-15(12-16(31-18)14-7-5-4-6-8-14)23-21(25)30-13-17(26)24-20(28)22-9-11-29-2/h3-8,12H,1,9-11,13H2,2H3,(H2,22,24,26,28). The lowest BCUT2D eigenvalue weighted by molar-refractivity contribution is -0.117. The molecule has 0 fully saturated rings. The summed E-state index contributed by atoms with van der Waals surface area (Å²) in [4.78, 5) is 42.4. The zero-order valence-corrected chi connectivity index (χ0v) is 18.6. The third kappa shape index (κ3) is 5.81. The van der Waals surface area contributed by atoms with Crippen LogP contribution in [0.25, 0.3) is 20.7 Å². The van der Waals surface area contributed by atoms with Crippen molar-refractivity contribution in [2.75, 3.05) is 26.0 Å². The predicted octanol–water partition coefficient (Wildman–Crippen LogP) is 2.88. The van der Waals surface area contributed by atoms with Crippen LogP contribution in [0.2, 0.25) is 0 Å². The van der Waals surface area contributed by atoms with Crippen LogP contribution >= 0.6 is 23.1 Å². The summed E-state index contributed by atoms with van der Waals surface area (Å²) >= 11 is 2.48. The first-order valence-corrected chi connectivity index (χ1v) is 11.2. The van der Waals surface area contributed by atoms with Gasteiger partial charge in [-0.2, -0.15) is 0 Å². The Kier molecular flexibility index (Phi) is 7.99. The van der Waals surface area contributed by atoms with Crippen LogP contribution in [0.1, 0.15) is 0 Å². The van der Waals surface area contributed by atoms with Crippen molar-refractivity contribution in [2.24, 2.45) is 0 Å². The molecule has 3 rings (SSSR count). The third-order valence-corrected chi connectivity index (χ3v) is 6.28. The average molecular weight is 459 g/mol. The number of rotatable bonds is 9. The fourth-order valence-electron chi connectivity index (χ4n) is 2.74. The highest BCUT2D eigenvalue weighted by atomic mass is 32.2. The molecule has 162 valence electrons. The SMILES string of the molecule is C=CCn1c(SCC(=O)NC(=O)NCCOC)nc2cc(-c3ccccc3)sc2c1=O. The number of benzene rings is 1. The number of carbonyl (C=O) groups excluding carboxylic acids is 2. The van der Waals surface area contributed by atoms with E-state index < -0.39 is 11.9 Å². The van der Waals surface area contributed by atoms with E-state index in [0.29, 0.717) is 28.5 Å². The molecule has 3 amide bonds. The van der Waals surface area contributed by atoms with Crippen molar-refractivity contribution in [3.8, 4) is 10.4 Å². The highest BCUT2D eigenvalue weighted by Gasteiger charge is 2.16. The maximum Gasteiger partial charge on any atom is 0.321 e. The van der Waals surface area contributed by atoms with Gasteiger partial charge in [0.15, 0.2) is 5.16 Å². The molecule has 8 nitrogen and oxygen atoms in total. The predicted molar refractivity (Wildman–Crippen MR) is 124 cm³/mol. The van der Waals surface area contributed by atoms with Gasteiger partial charge in [0.1, 0.15) is 4.70 Å². The van der Waals surface area contributed by atoms with E-state index in [1.54, 1.807) is 6.08 Å². The monoisotopic (exact) mass is 458 g/mol. The molecule has 0 spiro atoms. The number of aromatic nitrogens is 2. The minimum atomic E-state index is -0.597. The summed E-state index contributed by atoms with van der Waals surface area (Å²) in [6.45, 7) is 4.61. The van der Waals surface area contributed by atoms with Gasteiger partial charge in [0.25, 0.3) is 5.56 Å². The second-order valence-electron chi connectivity index (χ2n) is 6.38. The molecule has 10 heteroatoms. The lowest BCUT2D eigenvalue weighted by Crippen LogP contribution is -2.41. The number of thioether (sulfide) groups is 1. The van der Waals surface area contributed by atoms with E-state index in [1.165, 1.54) is 23.0 Å². The molecule has 0 saturated heterocycles. The van der Waals surface area contributed by atoms with Crippen LogP contribution in [0.5, 0.6) is 0 Å². The highest BCUT2D eigenvalue weighted by Crippen LogP contribution is 2.31. The summed E-state index contributed by atoms with van der Waals surface area (Å²) in [6, 6.07) is 11.0. The number of nitrogens with one attached hydrogen (secondary N) is 2. The molecule has 0 radical (unpaired) electrons. The van der Waals surface area contributed by atoms with Crippen LogP contribution in [-0.2, 0) is 16.1 Å². The number of hydrogen-bond donors (Lipinski definition) is 2. The van der Waals surface area contributed by atoms with Crippen LogP contribution in [0.4, 0.5) is 4.79 Å². The molecule has 0 aliphatic rings. The topological polar surface area (TPSA) is 102 Å². The molecular weight excluding hydrogens is 436 g/mol. The number of carbonyl (C=O) groups is 2. The fraction of sp³-hybridized carbons (Fsp3) is 0.238. The van der Waals surface area contributed by atoms with Crippen LogP contribution < -0.4 is 16.2 Å².